The number of rotatable bonds is 4. The van der Waals surface area contributed by atoms with Gasteiger partial charge in [-0.15, -0.1) is 0 Å². The lowest BCUT2D eigenvalue weighted by Crippen LogP contribution is -2.53. The van der Waals surface area contributed by atoms with E-state index < -0.39 is 34.7 Å². The number of nitrogens with zero attached hydrogens (tertiary/aromatic N) is 4. The molecule has 1 saturated carbocycles. The zero-order chi connectivity index (χ0) is 28.8. The first-order valence-electron chi connectivity index (χ1n) is 13.5. The minimum Gasteiger partial charge on any atom is -0.465 e. The van der Waals surface area contributed by atoms with E-state index in [9.17, 15) is 23.9 Å². The maximum absolute atomic E-state index is 14.3. The van der Waals surface area contributed by atoms with Crippen LogP contribution in [0.15, 0.2) is 70.4 Å². The van der Waals surface area contributed by atoms with Crippen LogP contribution in [0.2, 0.25) is 0 Å². The van der Waals surface area contributed by atoms with Crippen molar-refractivity contribution in [1.82, 2.24) is 19.0 Å². The summed E-state index contributed by atoms with van der Waals surface area (Å²) in [6.07, 6.45) is 1.90. The lowest BCUT2D eigenvalue weighted by molar-refractivity contribution is 0.0506. The van der Waals surface area contributed by atoms with Gasteiger partial charge in [0.2, 0.25) is 0 Å². The standard InChI is InChI=1S/C31H33FN4O4/c1-19-8-10-20(11-9-19)21-6-5-7-25(16-21)34-27-26(17-22(32)18-33-27)28(37)35(29(34)38)23-12-14-24(15-13-23)36(30(39)40)31(2,3)4/h5-11,16-18,23-24H,12-15H2,1-4H3,(H,39,40). The average molecular weight is 545 g/mol. The first-order valence-corrected chi connectivity index (χ1v) is 13.5. The Morgan fingerprint density at radius 1 is 1.00 bits per heavy atom. The predicted molar refractivity (Wildman–Crippen MR) is 153 cm³/mol. The number of aryl methyl sites for hydroxylation is 1. The second-order valence-corrected chi connectivity index (χ2v) is 11.5. The topological polar surface area (TPSA) is 97.4 Å². The summed E-state index contributed by atoms with van der Waals surface area (Å²) in [4.78, 5) is 45.3. The van der Waals surface area contributed by atoms with E-state index in [1.165, 1.54) is 14.0 Å². The molecule has 4 aromatic rings. The molecule has 0 unspecified atom stereocenters. The molecule has 0 radical (unpaired) electrons. The lowest BCUT2D eigenvalue weighted by atomic mass is 9.88. The molecule has 0 spiro atoms. The van der Waals surface area contributed by atoms with Gasteiger partial charge in [0.25, 0.3) is 5.56 Å². The molecule has 0 atom stereocenters. The predicted octanol–water partition coefficient (Wildman–Crippen LogP) is 5.92. The van der Waals surface area contributed by atoms with E-state index in [4.69, 9.17) is 0 Å². The van der Waals surface area contributed by atoms with E-state index in [1.54, 1.807) is 6.07 Å². The minimum absolute atomic E-state index is 0.0179. The van der Waals surface area contributed by atoms with Crippen molar-refractivity contribution in [3.8, 4) is 16.8 Å². The summed E-state index contributed by atoms with van der Waals surface area (Å²) in [5.41, 5.74) is 1.86. The summed E-state index contributed by atoms with van der Waals surface area (Å²) >= 11 is 0. The SMILES string of the molecule is Cc1ccc(-c2cccc(-n3c(=O)n(C4CCC(N(C(=O)O)C(C)(C)C)CC4)c(=O)c4cc(F)cnc43)c2)cc1. The van der Waals surface area contributed by atoms with Crippen LogP contribution in [0.25, 0.3) is 27.8 Å². The fourth-order valence-electron chi connectivity index (χ4n) is 5.87. The molecule has 2 aromatic carbocycles. The van der Waals surface area contributed by atoms with Crippen molar-refractivity contribution in [2.75, 3.05) is 0 Å². The van der Waals surface area contributed by atoms with Gasteiger partial charge < -0.3 is 10.0 Å². The third-order valence-corrected chi connectivity index (χ3v) is 7.71. The highest BCUT2D eigenvalue weighted by Gasteiger charge is 2.36. The van der Waals surface area contributed by atoms with E-state index in [0.717, 1.165) is 29.0 Å². The highest BCUT2D eigenvalue weighted by Crippen LogP contribution is 2.33. The summed E-state index contributed by atoms with van der Waals surface area (Å²) in [6, 6.07) is 15.9. The molecule has 1 fully saturated rings. The summed E-state index contributed by atoms with van der Waals surface area (Å²) in [5, 5.41) is 9.85. The van der Waals surface area contributed by atoms with Gasteiger partial charge in [-0.25, -0.2) is 23.5 Å². The Morgan fingerprint density at radius 2 is 1.68 bits per heavy atom. The molecule has 1 aliphatic rings. The average Bonchev–Trinajstić information content (AvgIpc) is 2.90. The maximum atomic E-state index is 14.3. The molecule has 5 rings (SSSR count). The van der Waals surface area contributed by atoms with Crippen molar-refractivity contribution >= 4 is 17.1 Å². The number of pyridine rings is 1. The Labute approximate surface area is 231 Å². The van der Waals surface area contributed by atoms with Gasteiger partial charge in [-0.1, -0.05) is 42.0 Å². The van der Waals surface area contributed by atoms with E-state index >= 15 is 0 Å². The minimum atomic E-state index is -0.990. The first-order chi connectivity index (χ1) is 19.0. The normalized spacial score (nSPS) is 17.6. The number of carbonyl (C=O) groups is 1. The van der Waals surface area contributed by atoms with Crippen LogP contribution in [0, 0.1) is 12.7 Å². The Morgan fingerprint density at radius 3 is 2.30 bits per heavy atom. The van der Waals surface area contributed by atoms with Crippen LogP contribution in [-0.2, 0) is 0 Å². The van der Waals surface area contributed by atoms with Crippen LogP contribution in [0.4, 0.5) is 9.18 Å². The highest BCUT2D eigenvalue weighted by molar-refractivity contribution is 5.76. The molecular formula is C31H33FN4O4. The molecule has 8 nitrogen and oxygen atoms in total. The Balaban J connectivity index is 1.61. The Hall–Kier alpha value is -4.27. The van der Waals surface area contributed by atoms with Gasteiger partial charge in [-0.2, -0.15) is 0 Å². The van der Waals surface area contributed by atoms with Crippen LogP contribution in [0.1, 0.15) is 58.1 Å². The van der Waals surface area contributed by atoms with Gasteiger partial charge in [-0.05, 0) is 82.7 Å². The number of hydrogen-bond donors (Lipinski definition) is 1. The number of fused-ring (bicyclic) bond motifs is 1. The van der Waals surface area contributed by atoms with Crippen LogP contribution in [-0.4, -0.2) is 41.8 Å². The zero-order valence-corrected chi connectivity index (χ0v) is 23.1. The Bertz CT molecular complexity index is 1690. The van der Waals surface area contributed by atoms with Crippen molar-refractivity contribution in [1.29, 1.82) is 0 Å². The zero-order valence-electron chi connectivity index (χ0n) is 23.1. The third-order valence-electron chi connectivity index (χ3n) is 7.71. The third kappa shape index (κ3) is 5.03. The van der Waals surface area contributed by atoms with Crippen molar-refractivity contribution in [2.24, 2.45) is 0 Å². The number of halogens is 1. The van der Waals surface area contributed by atoms with Crippen molar-refractivity contribution < 1.29 is 14.3 Å². The smallest absolute Gasteiger partial charge is 0.407 e. The van der Waals surface area contributed by atoms with Crippen molar-refractivity contribution in [3.05, 3.63) is 93.0 Å². The molecule has 0 bridgehead atoms. The van der Waals surface area contributed by atoms with Crippen LogP contribution in [0.5, 0.6) is 0 Å². The fourth-order valence-corrected chi connectivity index (χ4v) is 5.87. The summed E-state index contributed by atoms with van der Waals surface area (Å²) in [6.45, 7) is 7.57. The highest BCUT2D eigenvalue weighted by atomic mass is 19.1. The van der Waals surface area contributed by atoms with E-state index in [-0.39, 0.29) is 17.1 Å². The van der Waals surface area contributed by atoms with Crippen molar-refractivity contribution in [3.63, 3.8) is 0 Å². The number of aromatic nitrogens is 3. The quantitative estimate of drug-likeness (QED) is 0.344. The summed E-state index contributed by atoms with van der Waals surface area (Å²) in [7, 11) is 0. The van der Waals surface area contributed by atoms with E-state index in [0.29, 0.717) is 31.4 Å². The van der Waals surface area contributed by atoms with Gasteiger partial charge in [0, 0.05) is 17.6 Å². The van der Waals surface area contributed by atoms with Gasteiger partial charge in [0.15, 0.2) is 5.65 Å². The van der Waals surface area contributed by atoms with Crippen LogP contribution >= 0.6 is 0 Å². The van der Waals surface area contributed by atoms with Gasteiger partial charge in [0.1, 0.15) is 5.82 Å². The Kier molecular flexibility index (Phi) is 7.08. The largest absolute Gasteiger partial charge is 0.465 e. The van der Waals surface area contributed by atoms with Crippen molar-refractivity contribution in [2.45, 2.75) is 71.0 Å². The molecule has 208 valence electrons. The molecule has 0 aliphatic heterocycles. The van der Waals surface area contributed by atoms with Crippen LogP contribution < -0.4 is 11.2 Å². The van der Waals surface area contributed by atoms with Gasteiger partial charge >= 0.3 is 11.8 Å². The molecule has 2 heterocycles. The van der Waals surface area contributed by atoms with E-state index in [2.05, 4.69) is 4.98 Å². The molecular weight excluding hydrogens is 511 g/mol. The molecule has 40 heavy (non-hydrogen) atoms. The molecule has 9 heteroatoms. The van der Waals surface area contributed by atoms with Gasteiger partial charge in [-0.3, -0.25) is 9.36 Å². The summed E-state index contributed by atoms with van der Waals surface area (Å²) in [5.74, 6) is -0.666. The van der Waals surface area contributed by atoms with Gasteiger partial charge in [0.05, 0.1) is 17.3 Å². The fraction of sp³-hybridized carbons (Fsp3) is 0.355. The number of hydrogen-bond acceptors (Lipinski definition) is 4. The van der Waals surface area contributed by atoms with E-state index in [1.807, 2.05) is 70.2 Å². The molecule has 1 aliphatic carbocycles. The maximum Gasteiger partial charge on any atom is 0.407 e. The first kappa shape index (κ1) is 27.3. The second kappa shape index (κ2) is 10.4. The number of benzene rings is 2. The second-order valence-electron chi connectivity index (χ2n) is 11.5. The number of carboxylic acid groups (broad SMARTS) is 1. The molecule has 0 saturated heterocycles. The molecule has 2 aromatic heterocycles. The number of amides is 1. The lowest BCUT2D eigenvalue weighted by Gasteiger charge is -2.42. The summed E-state index contributed by atoms with van der Waals surface area (Å²) < 4.78 is 16.9. The monoisotopic (exact) mass is 544 g/mol. The molecule has 1 amide bonds. The molecule has 1 N–H and O–H groups in total. The van der Waals surface area contributed by atoms with Crippen LogP contribution in [0.3, 0.4) is 0 Å².